The number of hydrogen-bond acceptors (Lipinski definition) is 5. The number of anilines is 1. The van der Waals surface area contributed by atoms with Gasteiger partial charge in [-0.2, -0.15) is 0 Å². The topological polar surface area (TPSA) is 82.3 Å². The van der Waals surface area contributed by atoms with Crippen LogP contribution >= 0.6 is 0 Å². The van der Waals surface area contributed by atoms with Crippen molar-refractivity contribution in [3.8, 4) is 0 Å². The molecule has 2 saturated carbocycles. The molecule has 5 heteroatoms. The minimum atomic E-state index is -0.185. The van der Waals surface area contributed by atoms with Crippen molar-refractivity contribution in [3.05, 3.63) is 23.9 Å². The Morgan fingerprint density at radius 1 is 1.33 bits per heavy atom. The van der Waals surface area contributed by atoms with Gasteiger partial charge in [0.15, 0.2) is 0 Å². The van der Waals surface area contributed by atoms with Gasteiger partial charge in [-0.25, -0.2) is 4.98 Å². The third-order valence-electron chi connectivity index (χ3n) is 4.61. The van der Waals surface area contributed by atoms with E-state index in [1.807, 2.05) is 0 Å². The number of aromatic nitrogens is 1. The van der Waals surface area contributed by atoms with Crippen molar-refractivity contribution in [2.75, 3.05) is 5.73 Å². The summed E-state index contributed by atoms with van der Waals surface area (Å²) in [5.74, 6) is 0.624. The summed E-state index contributed by atoms with van der Waals surface area (Å²) in [7, 11) is 0. The Balaban J connectivity index is 1.57. The largest absolute Gasteiger partial charge is 0.461 e. The molecule has 21 heavy (non-hydrogen) atoms. The van der Waals surface area contributed by atoms with Gasteiger partial charge in [-0.3, -0.25) is 9.59 Å². The Bertz CT molecular complexity index is 542. The van der Waals surface area contributed by atoms with Crippen LogP contribution in [0.15, 0.2) is 18.3 Å². The van der Waals surface area contributed by atoms with Crippen LogP contribution in [0, 0.1) is 17.8 Å². The second-order valence-electron chi connectivity index (χ2n) is 6.09. The van der Waals surface area contributed by atoms with E-state index in [1.165, 1.54) is 0 Å². The Hall–Kier alpha value is -1.91. The predicted molar refractivity (Wildman–Crippen MR) is 77.0 cm³/mol. The fourth-order valence-electron chi connectivity index (χ4n) is 3.53. The smallest absolute Gasteiger partial charge is 0.309 e. The Morgan fingerprint density at radius 3 is 2.71 bits per heavy atom. The summed E-state index contributed by atoms with van der Waals surface area (Å²) >= 11 is 0. The third kappa shape index (κ3) is 3.06. The van der Waals surface area contributed by atoms with Gasteiger partial charge in [-0.15, -0.1) is 0 Å². The fraction of sp³-hybridized carbons (Fsp3) is 0.562. The van der Waals surface area contributed by atoms with E-state index in [1.54, 1.807) is 18.3 Å². The summed E-state index contributed by atoms with van der Waals surface area (Å²) < 4.78 is 5.39. The van der Waals surface area contributed by atoms with Crippen molar-refractivity contribution >= 4 is 17.6 Å². The fourth-order valence-corrected chi connectivity index (χ4v) is 3.53. The summed E-state index contributed by atoms with van der Waals surface area (Å²) in [6.07, 6.45) is 5.89. The minimum absolute atomic E-state index is 0.0756. The van der Waals surface area contributed by atoms with E-state index in [0.717, 1.165) is 24.8 Å². The number of fused-ring (bicyclic) bond motifs is 2. The summed E-state index contributed by atoms with van der Waals surface area (Å²) in [4.78, 5) is 28.1. The lowest BCUT2D eigenvalue weighted by Gasteiger charge is -2.36. The van der Waals surface area contributed by atoms with E-state index in [9.17, 15) is 9.59 Å². The third-order valence-corrected chi connectivity index (χ3v) is 4.61. The maximum atomic E-state index is 12.2. The Morgan fingerprint density at radius 2 is 2.05 bits per heavy atom. The first-order valence-corrected chi connectivity index (χ1v) is 7.54. The molecule has 2 aliphatic rings. The average Bonchev–Trinajstić information content (AvgIpc) is 2.44. The second-order valence-corrected chi connectivity index (χ2v) is 6.09. The molecule has 3 rings (SSSR count). The van der Waals surface area contributed by atoms with Crippen LogP contribution in [-0.2, 0) is 20.9 Å². The first kappa shape index (κ1) is 14.0. The lowest BCUT2D eigenvalue weighted by molar-refractivity contribution is -0.154. The maximum Gasteiger partial charge on any atom is 0.309 e. The molecule has 1 aromatic heterocycles. The average molecular weight is 288 g/mol. The summed E-state index contributed by atoms with van der Waals surface area (Å²) in [6, 6.07) is 3.48. The first-order chi connectivity index (χ1) is 10.1. The van der Waals surface area contributed by atoms with E-state index in [2.05, 4.69) is 4.98 Å². The molecule has 2 fully saturated rings. The molecule has 2 aliphatic carbocycles. The maximum absolute atomic E-state index is 12.2. The van der Waals surface area contributed by atoms with Crippen LogP contribution in [0.5, 0.6) is 0 Å². The van der Waals surface area contributed by atoms with Crippen LogP contribution in [0.1, 0.15) is 37.7 Å². The van der Waals surface area contributed by atoms with Crippen molar-refractivity contribution in [1.29, 1.82) is 0 Å². The molecular weight excluding hydrogens is 268 g/mol. The van der Waals surface area contributed by atoms with Crippen molar-refractivity contribution in [3.63, 3.8) is 0 Å². The molecule has 2 N–H and O–H groups in total. The predicted octanol–water partition coefficient (Wildman–Crippen LogP) is 2.10. The van der Waals surface area contributed by atoms with E-state index < -0.39 is 0 Å². The van der Waals surface area contributed by atoms with Crippen LogP contribution in [0.2, 0.25) is 0 Å². The molecule has 0 aliphatic heterocycles. The van der Waals surface area contributed by atoms with Crippen molar-refractivity contribution < 1.29 is 14.3 Å². The number of nitrogen functional groups attached to an aromatic ring is 1. The number of carbonyl (C=O) groups is 2. The summed E-state index contributed by atoms with van der Waals surface area (Å²) in [5.41, 5.74) is 6.43. The van der Waals surface area contributed by atoms with Gasteiger partial charge in [0.05, 0.1) is 5.92 Å². The molecule has 5 nitrogen and oxygen atoms in total. The van der Waals surface area contributed by atoms with Crippen LogP contribution < -0.4 is 5.73 Å². The number of rotatable bonds is 3. The number of esters is 1. The second kappa shape index (κ2) is 5.84. The molecule has 2 bridgehead atoms. The highest BCUT2D eigenvalue weighted by atomic mass is 16.5. The van der Waals surface area contributed by atoms with Gasteiger partial charge in [0.25, 0.3) is 0 Å². The van der Waals surface area contributed by atoms with Crippen molar-refractivity contribution in [1.82, 2.24) is 4.98 Å². The summed E-state index contributed by atoms with van der Waals surface area (Å²) in [5, 5.41) is 0. The highest BCUT2D eigenvalue weighted by molar-refractivity contribution is 5.87. The van der Waals surface area contributed by atoms with Crippen LogP contribution in [-0.4, -0.2) is 16.7 Å². The first-order valence-electron chi connectivity index (χ1n) is 7.54. The summed E-state index contributed by atoms with van der Waals surface area (Å²) in [6.45, 7) is 0.214. The molecule has 0 spiro atoms. The van der Waals surface area contributed by atoms with Crippen molar-refractivity contribution in [2.24, 2.45) is 17.8 Å². The van der Waals surface area contributed by atoms with Gasteiger partial charge in [0.2, 0.25) is 0 Å². The lowest BCUT2D eigenvalue weighted by Crippen LogP contribution is -2.39. The molecule has 0 amide bonds. The normalized spacial score (nSPS) is 28.2. The standard InChI is InChI=1S/C16H20N2O3/c17-14-6-10(4-5-18-14)9-21-16(20)13-7-11-2-1-3-12(8-13)15(11)19/h4-6,11-13H,1-3,7-9H2,(H2,17,18). The number of hydrogen-bond donors (Lipinski definition) is 1. The van der Waals surface area contributed by atoms with E-state index in [0.29, 0.717) is 24.4 Å². The van der Waals surface area contributed by atoms with Gasteiger partial charge in [-0.05, 0) is 43.4 Å². The Labute approximate surface area is 123 Å². The quantitative estimate of drug-likeness (QED) is 0.861. The molecule has 1 aromatic rings. The van der Waals surface area contributed by atoms with Crippen LogP contribution in [0.3, 0.4) is 0 Å². The number of carbonyl (C=O) groups excluding carboxylic acids is 2. The molecular formula is C16H20N2O3. The van der Waals surface area contributed by atoms with E-state index in [4.69, 9.17) is 10.5 Å². The SMILES string of the molecule is Nc1cc(COC(=O)C2CC3CCCC(C2)C3=O)ccn1. The number of nitrogens with zero attached hydrogens (tertiary/aromatic N) is 1. The zero-order valence-electron chi connectivity index (χ0n) is 12.0. The van der Waals surface area contributed by atoms with Crippen molar-refractivity contribution in [2.45, 2.75) is 38.7 Å². The highest BCUT2D eigenvalue weighted by Crippen LogP contribution is 2.40. The monoisotopic (exact) mass is 288 g/mol. The zero-order chi connectivity index (χ0) is 14.8. The molecule has 0 radical (unpaired) electrons. The molecule has 1 heterocycles. The number of pyridine rings is 1. The van der Waals surface area contributed by atoms with E-state index >= 15 is 0 Å². The number of nitrogens with two attached hydrogens (primary N) is 1. The lowest BCUT2D eigenvalue weighted by atomic mass is 9.67. The number of ether oxygens (including phenoxy) is 1. The zero-order valence-corrected chi connectivity index (χ0v) is 12.0. The van der Waals surface area contributed by atoms with E-state index in [-0.39, 0.29) is 30.3 Å². The molecule has 0 saturated heterocycles. The van der Waals surface area contributed by atoms with Crippen LogP contribution in [0.25, 0.3) is 0 Å². The van der Waals surface area contributed by atoms with Gasteiger partial charge in [0, 0.05) is 18.0 Å². The van der Waals surface area contributed by atoms with Gasteiger partial charge in [-0.1, -0.05) is 6.42 Å². The molecule has 0 aromatic carbocycles. The minimum Gasteiger partial charge on any atom is -0.461 e. The Kier molecular flexibility index (Phi) is 3.90. The number of ketones is 1. The molecule has 2 unspecified atom stereocenters. The van der Waals surface area contributed by atoms with Crippen LogP contribution in [0.4, 0.5) is 5.82 Å². The molecule has 2 atom stereocenters. The number of Topliss-reactive ketones (excluding diaryl/α,β-unsaturated/α-hetero) is 1. The van der Waals surface area contributed by atoms with Gasteiger partial charge < -0.3 is 10.5 Å². The molecule has 112 valence electrons. The van der Waals surface area contributed by atoms with Gasteiger partial charge in [0.1, 0.15) is 18.2 Å². The van der Waals surface area contributed by atoms with Gasteiger partial charge >= 0.3 is 5.97 Å². The highest BCUT2D eigenvalue weighted by Gasteiger charge is 2.41.